The average molecular weight is 1160 g/mol. The third kappa shape index (κ3) is 46.9. The van der Waals surface area contributed by atoms with Crippen LogP contribution >= 0.6 is 0 Å². The number of ether oxygens (including phenoxy) is 5. The van der Waals surface area contributed by atoms with Crippen LogP contribution in [0.3, 0.4) is 0 Å². The normalized spacial score (nSPS) is 18.5. The standard InChI is InChI=1S/C71H112O12/c1-4-7-10-13-16-19-22-25-28-30-32-34-37-39-42-45-48-51-54-57-63(72)79-60-62(81-64(73)58-55-52-49-46-43-40-36-27-24-21-18-15-12-9-6-3)61-80-71-69(67(76)66(75)68(83-71)70(77)78)82-65(74)59-56-53-50-47-44-41-38-35-33-31-29-26-23-20-17-14-11-8-5-2/h8-9,11-12,16-21,25-29,33,35-36,41,43-44,46,62,66-69,71,75-76H,4-7,10,13-15,22-24,30-32,34,37-40,42,45,47-61H2,1-3H3,(H,77,78)/b11-8-,12-9-,19-16-,20-17-,21-18-,28-25-,29-26-,35-33-,36-27-,44-41-,46-43-. The van der Waals surface area contributed by atoms with Gasteiger partial charge in [-0.15, -0.1) is 0 Å². The maximum Gasteiger partial charge on any atom is 0.335 e. The first-order valence-corrected chi connectivity index (χ1v) is 32.2. The predicted molar refractivity (Wildman–Crippen MR) is 340 cm³/mol. The molecular weight excluding hydrogens is 1040 g/mol. The summed E-state index contributed by atoms with van der Waals surface area (Å²) in [6, 6.07) is 0. The van der Waals surface area contributed by atoms with E-state index in [1.807, 2.05) is 0 Å². The molecule has 0 aliphatic carbocycles. The quantitative estimate of drug-likeness (QED) is 0.0228. The van der Waals surface area contributed by atoms with Crippen molar-refractivity contribution < 1.29 is 58.2 Å². The van der Waals surface area contributed by atoms with Crippen molar-refractivity contribution in [3.63, 3.8) is 0 Å². The van der Waals surface area contributed by atoms with Crippen LogP contribution in [-0.4, -0.2) is 89.2 Å². The highest BCUT2D eigenvalue weighted by Crippen LogP contribution is 2.26. The topological polar surface area (TPSA) is 175 Å². The van der Waals surface area contributed by atoms with Gasteiger partial charge in [0.2, 0.25) is 0 Å². The molecule has 1 saturated heterocycles. The Morgan fingerprint density at radius 2 is 0.759 bits per heavy atom. The summed E-state index contributed by atoms with van der Waals surface area (Å²) < 4.78 is 28.4. The minimum absolute atomic E-state index is 0.00871. The van der Waals surface area contributed by atoms with Crippen molar-refractivity contribution in [1.82, 2.24) is 0 Å². The van der Waals surface area contributed by atoms with Crippen molar-refractivity contribution in [2.75, 3.05) is 13.2 Å². The maximum absolute atomic E-state index is 13.2. The Morgan fingerprint density at radius 1 is 0.410 bits per heavy atom. The van der Waals surface area contributed by atoms with Crippen LogP contribution in [-0.2, 0) is 42.9 Å². The zero-order valence-electron chi connectivity index (χ0n) is 51.6. The van der Waals surface area contributed by atoms with Gasteiger partial charge >= 0.3 is 23.9 Å². The maximum atomic E-state index is 13.2. The van der Waals surface area contributed by atoms with E-state index in [1.54, 1.807) is 0 Å². The summed E-state index contributed by atoms with van der Waals surface area (Å²) in [7, 11) is 0. The highest BCUT2D eigenvalue weighted by Gasteiger charge is 2.50. The zero-order valence-corrected chi connectivity index (χ0v) is 51.6. The van der Waals surface area contributed by atoms with E-state index in [4.69, 9.17) is 23.7 Å². The molecule has 0 amide bonds. The summed E-state index contributed by atoms with van der Waals surface area (Å²) in [4.78, 5) is 51.3. The molecule has 1 aliphatic rings. The highest BCUT2D eigenvalue weighted by molar-refractivity contribution is 5.74. The molecule has 0 bridgehead atoms. The Bertz CT molecular complexity index is 1950. The van der Waals surface area contributed by atoms with Crippen molar-refractivity contribution in [3.8, 4) is 0 Å². The SMILES string of the molecule is CC/C=C\C/C=C\C/C=C\C/C=C\C/C=C\CCCCCC(=O)OC1C(OCC(COC(=O)CCCCCCCCCCC/C=C\C/C=C\CCCCC)OC(=O)CCCC/C=C\C/C=C\C/C=C\C/C=C\CC)OC(C(=O)O)C(O)C1O. The number of esters is 3. The lowest BCUT2D eigenvalue weighted by molar-refractivity contribution is -0.301. The number of hydrogen-bond donors (Lipinski definition) is 3. The third-order valence-corrected chi connectivity index (χ3v) is 13.7. The van der Waals surface area contributed by atoms with Crippen LogP contribution in [0, 0.1) is 0 Å². The summed E-state index contributed by atoms with van der Waals surface area (Å²) in [6.45, 7) is 5.69. The van der Waals surface area contributed by atoms with Crippen LogP contribution in [0.15, 0.2) is 134 Å². The Hall–Kier alpha value is -5.14. The molecule has 6 atom stereocenters. The fourth-order valence-corrected chi connectivity index (χ4v) is 8.83. The lowest BCUT2D eigenvalue weighted by Gasteiger charge is -2.40. The van der Waals surface area contributed by atoms with E-state index in [1.165, 1.54) is 57.8 Å². The minimum atomic E-state index is -1.93. The van der Waals surface area contributed by atoms with E-state index in [9.17, 15) is 34.5 Å². The fourth-order valence-electron chi connectivity index (χ4n) is 8.83. The second-order valence-electron chi connectivity index (χ2n) is 21.3. The molecule has 3 N–H and O–H groups in total. The van der Waals surface area contributed by atoms with Gasteiger partial charge in [-0.1, -0.05) is 219 Å². The van der Waals surface area contributed by atoms with E-state index in [0.717, 1.165) is 122 Å². The number of aliphatic carboxylic acids is 1. The second-order valence-corrected chi connectivity index (χ2v) is 21.3. The molecule has 12 nitrogen and oxygen atoms in total. The van der Waals surface area contributed by atoms with Gasteiger partial charge in [0.25, 0.3) is 0 Å². The molecule has 1 rings (SSSR count). The van der Waals surface area contributed by atoms with Crippen molar-refractivity contribution >= 4 is 23.9 Å². The Morgan fingerprint density at radius 3 is 1.19 bits per heavy atom. The second kappa shape index (κ2) is 57.3. The first-order chi connectivity index (χ1) is 40.6. The smallest absolute Gasteiger partial charge is 0.335 e. The summed E-state index contributed by atoms with van der Waals surface area (Å²) >= 11 is 0. The number of unbranched alkanes of at least 4 members (excludes halogenated alkanes) is 17. The van der Waals surface area contributed by atoms with E-state index in [0.29, 0.717) is 19.3 Å². The number of carbonyl (C=O) groups is 4. The highest BCUT2D eigenvalue weighted by atomic mass is 16.7. The van der Waals surface area contributed by atoms with Crippen molar-refractivity contribution in [3.05, 3.63) is 134 Å². The summed E-state index contributed by atoms with van der Waals surface area (Å²) in [5, 5.41) is 31.6. The monoisotopic (exact) mass is 1160 g/mol. The average Bonchev–Trinajstić information content (AvgIpc) is 3.60. The van der Waals surface area contributed by atoms with Crippen LogP contribution in [0.1, 0.15) is 239 Å². The Labute approximate surface area is 502 Å². The molecular formula is C71H112O12. The number of aliphatic hydroxyl groups is 2. The summed E-state index contributed by atoms with van der Waals surface area (Å²) in [5.41, 5.74) is 0. The molecule has 0 aromatic carbocycles. The van der Waals surface area contributed by atoms with Gasteiger partial charge in [0.15, 0.2) is 24.6 Å². The molecule has 0 radical (unpaired) electrons. The van der Waals surface area contributed by atoms with Gasteiger partial charge in [-0.05, 0) is 135 Å². The minimum Gasteiger partial charge on any atom is -0.479 e. The van der Waals surface area contributed by atoms with Gasteiger partial charge in [0.05, 0.1) is 6.61 Å². The van der Waals surface area contributed by atoms with Gasteiger partial charge in [-0.25, -0.2) is 4.79 Å². The molecule has 12 heteroatoms. The van der Waals surface area contributed by atoms with Gasteiger partial charge in [0.1, 0.15) is 18.8 Å². The molecule has 83 heavy (non-hydrogen) atoms. The van der Waals surface area contributed by atoms with Gasteiger partial charge in [-0.3, -0.25) is 14.4 Å². The van der Waals surface area contributed by atoms with E-state index < -0.39 is 67.3 Å². The number of allylic oxidation sites excluding steroid dienone is 22. The predicted octanol–water partition coefficient (Wildman–Crippen LogP) is 17.3. The Balaban J connectivity index is 2.71. The van der Waals surface area contributed by atoms with E-state index in [-0.39, 0.29) is 25.9 Å². The van der Waals surface area contributed by atoms with Crippen molar-refractivity contribution in [2.24, 2.45) is 0 Å². The number of hydrogen-bond acceptors (Lipinski definition) is 11. The molecule has 1 fully saturated rings. The van der Waals surface area contributed by atoms with Crippen LogP contribution < -0.4 is 0 Å². The van der Waals surface area contributed by atoms with Crippen molar-refractivity contribution in [1.29, 1.82) is 0 Å². The molecule has 1 heterocycles. The lowest BCUT2D eigenvalue weighted by Crippen LogP contribution is -2.61. The molecule has 0 spiro atoms. The Kier molecular flexibility index (Phi) is 52.4. The first-order valence-electron chi connectivity index (χ1n) is 32.2. The van der Waals surface area contributed by atoms with Crippen LogP contribution in [0.4, 0.5) is 0 Å². The molecule has 0 saturated carbocycles. The largest absolute Gasteiger partial charge is 0.479 e. The number of rotatable bonds is 53. The number of carboxylic acids is 1. The number of carbonyl (C=O) groups excluding carboxylic acids is 3. The van der Waals surface area contributed by atoms with Gasteiger partial charge < -0.3 is 39.0 Å². The molecule has 0 aromatic rings. The van der Waals surface area contributed by atoms with Gasteiger partial charge in [-0.2, -0.15) is 0 Å². The van der Waals surface area contributed by atoms with Crippen LogP contribution in [0.2, 0.25) is 0 Å². The molecule has 0 aromatic heterocycles. The lowest BCUT2D eigenvalue weighted by atomic mass is 9.98. The van der Waals surface area contributed by atoms with E-state index in [2.05, 4.69) is 154 Å². The zero-order chi connectivity index (χ0) is 60.3. The summed E-state index contributed by atoms with van der Waals surface area (Å²) in [6.07, 6.45) is 68.4. The fraction of sp³-hybridized carbons (Fsp3) is 0.634. The van der Waals surface area contributed by atoms with Crippen LogP contribution in [0.5, 0.6) is 0 Å². The molecule has 468 valence electrons. The first kappa shape index (κ1) is 75.9. The molecule has 6 unspecified atom stereocenters. The van der Waals surface area contributed by atoms with Crippen LogP contribution in [0.25, 0.3) is 0 Å². The third-order valence-electron chi connectivity index (χ3n) is 13.7. The van der Waals surface area contributed by atoms with E-state index >= 15 is 0 Å². The number of carboxylic acid groups (broad SMARTS) is 1. The summed E-state index contributed by atoms with van der Waals surface area (Å²) in [5.74, 6) is -3.24. The molecule has 1 aliphatic heterocycles. The van der Waals surface area contributed by atoms with Crippen molar-refractivity contribution in [2.45, 2.75) is 276 Å². The van der Waals surface area contributed by atoms with Gasteiger partial charge in [0, 0.05) is 19.3 Å². The number of aliphatic hydroxyl groups excluding tert-OH is 2.